The van der Waals surface area contributed by atoms with Crippen molar-refractivity contribution in [2.75, 3.05) is 26.4 Å². The number of hydrogen-bond acceptors (Lipinski definition) is 3. The minimum absolute atomic E-state index is 0.0318. The topological polar surface area (TPSA) is 38.7 Å². The summed E-state index contributed by atoms with van der Waals surface area (Å²) in [6.45, 7) is 12.3. The predicted octanol–water partition coefficient (Wildman–Crippen LogP) is 4.09. The Labute approximate surface area is 150 Å². The maximum Gasteiger partial charge on any atom is 0.120 e. The predicted molar refractivity (Wildman–Crippen MR) is 101 cm³/mol. The molecule has 1 aromatic carbocycles. The summed E-state index contributed by atoms with van der Waals surface area (Å²) in [7, 11) is 0. The summed E-state index contributed by atoms with van der Waals surface area (Å²) in [5.74, 6) is 0.0793. The Balaban J connectivity index is 1.95. The van der Waals surface area contributed by atoms with Gasteiger partial charge in [-0.25, -0.2) is 0 Å². The van der Waals surface area contributed by atoms with Crippen molar-refractivity contribution in [3.63, 3.8) is 0 Å². The minimum Gasteiger partial charge on any atom is -0.382 e. The molecule has 3 atom stereocenters. The molecule has 3 rings (SSSR count). The van der Waals surface area contributed by atoms with E-state index in [2.05, 4.69) is 38.6 Å². The second-order valence-electron chi connectivity index (χ2n) is 7.45. The highest BCUT2D eigenvalue weighted by Crippen LogP contribution is 2.48. The molecular weight excluding hydrogens is 312 g/mol. The molecule has 0 unspecified atom stereocenters. The first-order valence-electron chi connectivity index (χ1n) is 8.90. The van der Waals surface area contributed by atoms with Crippen LogP contribution in [0.1, 0.15) is 31.9 Å². The molecule has 0 spiro atoms. The number of hydrogen-bond donors (Lipinski definition) is 1. The minimum atomic E-state index is -0.998. The van der Waals surface area contributed by atoms with E-state index in [4.69, 9.17) is 9.47 Å². The molecule has 134 valence electrons. The summed E-state index contributed by atoms with van der Waals surface area (Å²) in [6, 6.07) is 8.05. The lowest BCUT2D eigenvalue weighted by molar-refractivity contribution is -0.137. The third kappa shape index (κ3) is 3.50. The van der Waals surface area contributed by atoms with Crippen molar-refractivity contribution in [2.45, 2.75) is 26.4 Å². The van der Waals surface area contributed by atoms with Crippen molar-refractivity contribution in [3.8, 4) is 0 Å². The Morgan fingerprint density at radius 2 is 2.12 bits per heavy atom. The van der Waals surface area contributed by atoms with E-state index in [1.54, 1.807) is 0 Å². The second kappa shape index (κ2) is 7.28. The fourth-order valence-electron chi connectivity index (χ4n) is 3.80. The molecule has 0 radical (unpaired) electrons. The highest BCUT2D eigenvalue weighted by Gasteiger charge is 2.49. The summed E-state index contributed by atoms with van der Waals surface area (Å²) in [5, 5.41) is 11.5. The fraction of sp³-hybridized carbons (Fsp3) is 0.455. The number of aliphatic hydroxyl groups is 1. The van der Waals surface area contributed by atoms with E-state index in [9.17, 15) is 5.11 Å². The first kappa shape index (κ1) is 18.1. The van der Waals surface area contributed by atoms with Crippen molar-refractivity contribution in [1.29, 1.82) is 0 Å². The smallest absolute Gasteiger partial charge is 0.120 e. The third-order valence-electron chi connectivity index (χ3n) is 5.22. The van der Waals surface area contributed by atoms with Crippen LogP contribution in [0.4, 0.5) is 0 Å². The van der Waals surface area contributed by atoms with Crippen LogP contribution in [-0.4, -0.2) is 31.5 Å². The summed E-state index contributed by atoms with van der Waals surface area (Å²) in [5.41, 5.74) is 4.43. The lowest BCUT2D eigenvalue weighted by Crippen LogP contribution is -2.50. The van der Waals surface area contributed by atoms with Crippen molar-refractivity contribution in [3.05, 3.63) is 65.3 Å². The van der Waals surface area contributed by atoms with Crippen LogP contribution in [0.25, 0.3) is 5.57 Å². The molecule has 1 saturated heterocycles. The monoisotopic (exact) mass is 340 g/mol. The van der Waals surface area contributed by atoms with Crippen LogP contribution in [0.5, 0.6) is 0 Å². The molecule has 3 nitrogen and oxygen atoms in total. The van der Waals surface area contributed by atoms with Crippen LogP contribution in [0.3, 0.4) is 0 Å². The average Bonchev–Trinajstić information content (AvgIpc) is 2.58. The van der Waals surface area contributed by atoms with Crippen LogP contribution >= 0.6 is 0 Å². The van der Waals surface area contributed by atoms with Gasteiger partial charge in [-0.05, 0) is 37.5 Å². The number of rotatable bonds is 5. The SMILES string of the molecule is C=C(C)[C@H]1COC[C@]2(O)c3ccccc3C(COCC=C(C)C)=C[C@H]12. The number of fused-ring (bicyclic) bond motifs is 3. The fourth-order valence-corrected chi connectivity index (χ4v) is 3.80. The highest BCUT2D eigenvalue weighted by atomic mass is 16.5. The quantitative estimate of drug-likeness (QED) is 0.648. The van der Waals surface area contributed by atoms with E-state index in [1.165, 1.54) is 5.57 Å². The van der Waals surface area contributed by atoms with Gasteiger partial charge in [0.25, 0.3) is 0 Å². The Morgan fingerprint density at radius 3 is 2.84 bits per heavy atom. The van der Waals surface area contributed by atoms with Crippen LogP contribution in [-0.2, 0) is 15.1 Å². The number of ether oxygens (including phenoxy) is 2. The van der Waals surface area contributed by atoms with Gasteiger partial charge < -0.3 is 14.6 Å². The van der Waals surface area contributed by atoms with Gasteiger partial charge >= 0.3 is 0 Å². The third-order valence-corrected chi connectivity index (χ3v) is 5.22. The van der Waals surface area contributed by atoms with Gasteiger partial charge in [0, 0.05) is 11.8 Å². The van der Waals surface area contributed by atoms with Crippen molar-refractivity contribution in [1.82, 2.24) is 0 Å². The Hall–Kier alpha value is -1.68. The first-order chi connectivity index (χ1) is 11.9. The van der Waals surface area contributed by atoms with Crippen LogP contribution in [0.15, 0.2) is 54.1 Å². The molecule has 1 aliphatic carbocycles. The zero-order valence-corrected chi connectivity index (χ0v) is 15.4. The number of benzene rings is 1. The second-order valence-corrected chi connectivity index (χ2v) is 7.45. The van der Waals surface area contributed by atoms with Gasteiger partial charge in [-0.1, -0.05) is 54.1 Å². The van der Waals surface area contributed by atoms with E-state index >= 15 is 0 Å². The molecule has 0 aromatic heterocycles. The van der Waals surface area contributed by atoms with Gasteiger partial charge in [-0.2, -0.15) is 0 Å². The zero-order chi connectivity index (χ0) is 18.0. The first-order valence-corrected chi connectivity index (χ1v) is 8.90. The normalized spacial score (nSPS) is 27.8. The highest BCUT2D eigenvalue weighted by molar-refractivity contribution is 5.73. The molecule has 1 N–H and O–H groups in total. The molecule has 0 bridgehead atoms. The van der Waals surface area contributed by atoms with Gasteiger partial charge in [-0.3, -0.25) is 0 Å². The maximum absolute atomic E-state index is 11.5. The van der Waals surface area contributed by atoms with Crippen molar-refractivity contribution < 1.29 is 14.6 Å². The Bertz CT molecular complexity index is 712. The molecule has 2 aliphatic rings. The van der Waals surface area contributed by atoms with E-state index < -0.39 is 5.60 Å². The van der Waals surface area contributed by atoms with Crippen molar-refractivity contribution in [2.24, 2.45) is 11.8 Å². The average molecular weight is 340 g/mol. The van der Waals surface area contributed by atoms with E-state index in [1.807, 2.05) is 25.1 Å². The molecule has 25 heavy (non-hydrogen) atoms. The van der Waals surface area contributed by atoms with Gasteiger partial charge in [0.05, 0.1) is 26.4 Å². The summed E-state index contributed by atoms with van der Waals surface area (Å²) < 4.78 is 11.6. The van der Waals surface area contributed by atoms with Crippen molar-refractivity contribution >= 4 is 5.57 Å². The molecule has 1 aliphatic heterocycles. The van der Waals surface area contributed by atoms with Gasteiger partial charge in [0.2, 0.25) is 0 Å². The maximum atomic E-state index is 11.5. The summed E-state index contributed by atoms with van der Waals surface area (Å²) in [4.78, 5) is 0. The van der Waals surface area contributed by atoms with Crippen LogP contribution in [0, 0.1) is 11.8 Å². The summed E-state index contributed by atoms with van der Waals surface area (Å²) >= 11 is 0. The molecular formula is C22H28O3. The molecule has 0 amide bonds. The van der Waals surface area contributed by atoms with E-state index in [0.29, 0.717) is 26.4 Å². The largest absolute Gasteiger partial charge is 0.382 e. The summed E-state index contributed by atoms with van der Waals surface area (Å²) in [6.07, 6.45) is 4.27. The van der Waals surface area contributed by atoms with Crippen LogP contribution in [0.2, 0.25) is 0 Å². The lowest BCUT2D eigenvalue weighted by atomic mass is 9.66. The van der Waals surface area contributed by atoms with E-state index in [0.717, 1.165) is 22.3 Å². The molecule has 1 heterocycles. The lowest BCUT2D eigenvalue weighted by Gasteiger charge is -2.47. The number of allylic oxidation sites excluding steroid dienone is 1. The Morgan fingerprint density at radius 1 is 1.36 bits per heavy atom. The molecule has 3 heteroatoms. The molecule has 1 aromatic rings. The van der Waals surface area contributed by atoms with Gasteiger partial charge in [0.15, 0.2) is 0 Å². The van der Waals surface area contributed by atoms with E-state index in [-0.39, 0.29) is 11.8 Å². The standard InChI is InChI=1S/C22H28O3/c1-15(2)9-10-24-12-17-11-21-19(16(3)4)13-25-14-22(21,23)20-8-6-5-7-18(17)20/h5-9,11,19,21,23H,3,10,12-14H2,1-2,4H3/t19-,21-,22+/m1/s1. The van der Waals surface area contributed by atoms with Gasteiger partial charge in [-0.15, -0.1) is 0 Å². The molecule has 1 fully saturated rings. The Kier molecular flexibility index (Phi) is 5.28. The zero-order valence-electron chi connectivity index (χ0n) is 15.4. The van der Waals surface area contributed by atoms with Gasteiger partial charge in [0.1, 0.15) is 5.60 Å². The molecule has 0 saturated carbocycles. The van der Waals surface area contributed by atoms with Crippen LogP contribution < -0.4 is 0 Å².